The third-order valence-corrected chi connectivity index (χ3v) is 8.26. The Hall–Kier alpha value is -0.600. The summed E-state index contributed by atoms with van der Waals surface area (Å²) in [4.78, 5) is 0. The van der Waals surface area contributed by atoms with E-state index < -0.39 is 0 Å². The average molecular weight is 316 g/mol. The molecule has 0 saturated heterocycles. The van der Waals surface area contributed by atoms with E-state index in [4.69, 9.17) is 0 Å². The number of hydrogen-bond acceptors (Lipinski definition) is 2. The monoisotopic (exact) mass is 316 g/mol. The van der Waals surface area contributed by atoms with E-state index in [2.05, 4.69) is 26.0 Å². The predicted octanol–water partition coefficient (Wildman–Crippen LogP) is 4.23. The van der Waals surface area contributed by atoms with Crippen molar-refractivity contribution in [2.24, 2.45) is 28.6 Å². The molecule has 0 bridgehead atoms. The molecule has 4 aliphatic rings. The summed E-state index contributed by atoms with van der Waals surface area (Å²) < 4.78 is 0. The standard InChI is InChI=1S/C21H32O2/c1-20-11-8-19-17(18(20)6-4-14(20)9-12-22)5-3-15-13-16(23)7-10-21(15,19)2/h3,9,16-19,22-23H,4-8,10-13H2,1-2H3/b14-9+/t16-,17?,18?,19?,20+,21-/m0/s1. The second-order valence-electron chi connectivity index (χ2n) is 9.06. The predicted molar refractivity (Wildman–Crippen MR) is 92.9 cm³/mol. The second-order valence-corrected chi connectivity index (χ2v) is 9.06. The second kappa shape index (κ2) is 5.46. The van der Waals surface area contributed by atoms with Crippen LogP contribution in [0, 0.1) is 28.6 Å². The first-order chi connectivity index (χ1) is 11.0. The van der Waals surface area contributed by atoms with E-state index in [0.29, 0.717) is 10.8 Å². The van der Waals surface area contributed by atoms with Gasteiger partial charge in [0.15, 0.2) is 0 Å². The Morgan fingerprint density at radius 1 is 1.13 bits per heavy atom. The van der Waals surface area contributed by atoms with Gasteiger partial charge in [-0.1, -0.05) is 37.1 Å². The fourth-order valence-electron chi connectivity index (χ4n) is 6.94. The third-order valence-electron chi connectivity index (χ3n) is 8.26. The van der Waals surface area contributed by atoms with Gasteiger partial charge in [-0.25, -0.2) is 0 Å². The normalized spacial score (nSPS) is 51.0. The number of aliphatic hydroxyl groups is 2. The molecular weight excluding hydrogens is 284 g/mol. The summed E-state index contributed by atoms with van der Waals surface area (Å²) >= 11 is 0. The number of aliphatic hydroxyl groups excluding tert-OH is 2. The van der Waals surface area contributed by atoms with Crippen LogP contribution in [0.2, 0.25) is 0 Å². The fourth-order valence-corrected chi connectivity index (χ4v) is 6.94. The van der Waals surface area contributed by atoms with Gasteiger partial charge in [-0.2, -0.15) is 0 Å². The lowest BCUT2D eigenvalue weighted by molar-refractivity contribution is -0.0269. The van der Waals surface area contributed by atoms with E-state index >= 15 is 0 Å². The van der Waals surface area contributed by atoms with Crippen molar-refractivity contribution in [1.82, 2.24) is 0 Å². The molecule has 2 N–H and O–H groups in total. The number of rotatable bonds is 1. The summed E-state index contributed by atoms with van der Waals surface area (Å²) in [6.45, 7) is 5.16. The Balaban J connectivity index is 1.66. The first-order valence-electron chi connectivity index (χ1n) is 9.67. The summed E-state index contributed by atoms with van der Waals surface area (Å²) in [6, 6.07) is 0. The molecular formula is C21H32O2. The molecule has 0 aromatic rings. The highest BCUT2D eigenvalue weighted by Crippen LogP contribution is 2.66. The zero-order valence-electron chi connectivity index (χ0n) is 14.7. The maximum atomic E-state index is 10.1. The van der Waals surface area contributed by atoms with Crippen molar-refractivity contribution < 1.29 is 10.2 Å². The lowest BCUT2D eigenvalue weighted by atomic mass is 9.48. The van der Waals surface area contributed by atoms with E-state index in [0.717, 1.165) is 30.6 Å². The number of fused-ring (bicyclic) bond motifs is 5. The number of allylic oxidation sites excluding steroid dienone is 2. The molecule has 2 heteroatoms. The Morgan fingerprint density at radius 3 is 2.65 bits per heavy atom. The molecule has 0 aromatic carbocycles. The van der Waals surface area contributed by atoms with Crippen LogP contribution in [0.5, 0.6) is 0 Å². The molecule has 4 rings (SSSR count). The van der Waals surface area contributed by atoms with Gasteiger partial charge in [0, 0.05) is 0 Å². The van der Waals surface area contributed by atoms with Crippen molar-refractivity contribution in [1.29, 1.82) is 0 Å². The molecule has 4 aliphatic carbocycles. The van der Waals surface area contributed by atoms with Crippen LogP contribution in [0.3, 0.4) is 0 Å². The molecule has 128 valence electrons. The zero-order chi connectivity index (χ0) is 16.2. The molecule has 3 fully saturated rings. The summed E-state index contributed by atoms with van der Waals surface area (Å²) in [7, 11) is 0. The van der Waals surface area contributed by atoms with Gasteiger partial charge in [0.2, 0.25) is 0 Å². The largest absolute Gasteiger partial charge is 0.393 e. The molecule has 0 aromatic heterocycles. The summed E-state index contributed by atoms with van der Waals surface area (Å²) in [5.41, 5.74) is 3.76. The van der Waals surface area contributed by atoms with Crippen LogP contribution in [0.1, 0.15) is 65.2 Å². The summed E-state index contributed by atoms with van der Waals surface area (Å²) in [5, 5.41) is 19.4. The molecule has 6 atom stereocenters. The Bertz CT molecular complexity index is 548. The van der Waals surface area contributed by atoms with Gasteiger partial charge in [-0.3, -0.25) is 0 Å². The maximum Gasteiger partial charge on any atom is 0.0615 e. The first kappa shape index (κ1) is 15.9. The molecule has 0 heterocycles. The highest BCUT2D eigenvalue weighted by atomic mass is 16.3. The van der Waals surface area contributed by atoms with Crippen LogP contribution in [0.15, 0.2) is 23.3 Å². The smallest absolute Gasteiger partial charge is 0.0615 e. The molecule has 3 unspecified atom stereocenters. The third kappa shape index (κ3) is 2.21. The molecule has 0 spiro atoms. The Morgan fingerprint density at radius 2 is 1.87 bits per heavy atom. The van der Waals surface area contributed by atoms with E-state index in [1.54, 1.807) is 5.57 Å². The highest BCUT2D eigenvalue weighted by Gasteiger charge is 2.56. The zero-order valence-corrected chi connectivity index (χ0v) is 14.7. The molecule has 0 aliphatic heterocycles. The topological polar surface area (TPSA) is 40.5 Å². The summed E-state index contributed by atoms with van der Waals surface area (Å²) in [5.74, 6) is 2.41. The van der Waals surface area contributed by atoms with Crippen LogP contribution < -0.4 is 0 Å². The SMILES string of the molecule is C[C@]12CC[C@H](O)CC1=CCC1C2CC[C@]2(C)/C(=C/CO)CCC12. The highest BCUT2D eigenvalue weighted by molar-refractivity contribution is 5.29. The van der Waals surface area contributed by atoms with Crippen molar-refractivity contribution in [2.75, 3.05) is 6.61 Å². The molecule has 3 saturated carbocycles. The minimum Gasteiger partial charge on any atom is -0.393 e. The lowest BCUT2D eigenvalue weighted by Crippen LogP contribution is -2.49. The van der Waals surface area contributed by atoms with Crippen molar-refractivity contribution in [3.05, 3.63) is 23.3 Å². The van der Waals surface area contributed by atoms with E-state index in [-0.39, 0.29) is 12.7 Å². The van der Waals surface area contributed by atoms with E-state index in [9.17, 15) is 10.2 Å². The van der Waals surface area contributed by atoms with Gasteiger partial charge < -0.3 is 10.2 Å². The van der Waals surface area contributed by atoms with Crippen LogP contribution in [0.4, 0.5) is 0 Å². The Labute approximate surface area is 140 Å². The van der Waals surface area contributed by atoms with Gasteiger partial charge in [-0.05, 0) is 80.0 Å². The fraction of sp³-hybridized carbons (Fsp3) is 0.810. The molecule has 0 radical (unpaired) electrons. The van der Waals surface area contributed by atoms with Gasteiger partial charge >= 0.3 is 0 Å². The van der Waals surface area contributed by atoms with Crippen molar-refractivity contribution in [3.63, 3.8) is 0 Å². The quantitative estimate of drug-likeness (QED) is 0.711. The summed E-state index contributed by atoms with van der Waals surface area (Å²) in [6.07, 6.45) is 13.9. The number of hydrogen-bond donors (Lipinski definition) is 2. The van der Waals surface area contributed by atoms with Gasteiger partial charge in [-0.15, -0.1) is 0 Å². The van der Waals surface area contributed by atoms with Gasteiger partial charge in [0.1, 0.15) is 0 Å². The average Bonchev–Trinajstić information content (AvgIpc) is 2.85. The van der Waals surface area contributed by atoms with Crippen molar-refractivity contribution in [3.8, 4) is 0 Å². The van der Waals surface area contributed by atoms with Gasteiger partial charge in [0.05, 0.1) is 12.7 Å². The van der Waals surface area contributed by atoms with Crippen molar-refractivity contribution in [2.45, 2.75) is 71.3 Å². The van der Waals surface area contributed by atoms with Crippen LogP contribution in [-0.4, -0.2) is 22.9 Å². The van der Waals surface area contributed by atoms with Crippen LogP contribution in [-0.2, 0) is 0 Å². The van der Waals surface area contributed by atoms with Crippen LogP contribution in [0.25, 0.3) is 0 Å². The minimum absolute atomic E-state index is 0.106. The van der Waals surface area contributed by atoms with Crippen molar-refractivity contribution >= 4 is 0 Å². The lowest BCUT2D eigenvalue weighted by Gasteiger charge is -2.57. The molecule has 23 heavy (non-hydrogen) atoms. The maximum absolute atomic E-state index is 10.1. The molecule has 0 amide bonds. The van der Waals surface area contributed by atoms with E-state index in [1.807, 2.05) is 0 Å². The first-order valence-corrected chi connectivity index (χ1v) is 9.67. The Kier molecular flexibility index (Phi) is 3.77. The molecule has 2 nitrogen and oxygen atoms in total. The van der Waals surface area contributed by atoms with Gasteiger partial charge in [0.25, 0.3) is 0 Å². The van der Waals surface area contributed by atoms with Crippen LogP contribution >= 0.6 is 0 Å². The van der Waals surface area contributed by atoms with E-state index in [1.165, 1.54) is 44.1 Å². The minimum atomic E-state index is -0.106.